The Labute approximate surface area is 187 Å². The summed E-state index contributed by atoms with van der Waals surface area (Å²) in [5.41, 5.74) is 5.46. The highest BCUT2D eigenvalue weighted by Gasteiger charge is 2.12. The van der Waals surface area contributed by atoms with Gasteiger partial charge in [-0.05, 0) is 57.8 Å². The van der Waals surface area contributed by atoms with E-state index < -0.39 is 0 Å². The molecule has 0 aliphatic heterocycles. The molecule has 0 N–H and O–H groups in total. The number of hydrogen-bond donors (Lipinski definition) is 0. The van der Waals surface area contributed by atoms with Crippen LogP contribution in [0.2, 0.25) is 0 Å². The molecule has 0 radical (unpaired) electrons. The highest BCUT2D eigenvalue weighted by atomic mass is 14.9. The summed E-state index contributed by atoms with van der Waals surface area (Å²) in [7, 11) is 0. The quantitative estimate of drug-likeness (QED) is 0.271. The molecule has 0 aliphatic carbocycles. The SMILES string of the molecule is Cc1ccc(-c2nc(-c3ccc4c5ccccc5c5ccccc5c4c3)ncc2C)cc1. The molecule has 0 saturated carbocycles. The normalized spacial score (nSPS) is 11.4. The average Bonchev–Trinajstić information content (AvgIpc) is 2.85. The molecule has 1 aromatic heterocycles. The fraction of sp³-hybridized carbons (Fsp3) is 0.0667. The molecule has 0 atom stereocenters. The van der Waals surface area contributed by atoms with Gasteiger partial charge in [-0.25, -0.2) is 9.97 Å². The van der Waals surface area contributed by atoms with Crippen molar-refractivity contribution in [3.8, 4) is 22.6 Å². The predicted molar refractivity (Wildman–Crippen MR) is 135 cm³/mol. The van der Waals surface area contributed by atoms with Crippen molar-refractivity contribution in [2.45, 2.75) is 13.8 Å². The van der Waals surface area contributed by atoms with E-state index in [0.717, 1.165) is 28.2 Å². The highest BCUT2D eigenvalue weighted by Crippen LogP contribution is 2.36. The van der Waals surface area contributed by atoms with E-state index in [1.54, 1.807) is 0 Å². The van der Waals surface area contributed by atoms with E-state index in [0.29, 0.717) is 0 Å². The Hall–Kier alpha value is -4.04. The van der Waals surface area contributed by atoms with Gasteiger partial charge in [-0.2, -0.15) is 0 Å². The largest absolute Gasteiger partial charge is 0.236 e. The Balaban J connectivity index is 1.60. The van der Waals surface area contributed by atoms with E-state index in [4.69, 9.17) is 9.97 Å². The first kappa shape index (κ1) is 18.7. The Morgan fingerprint density at radius 3 is 1.69 bits per heavy atom. The standard InChI is InChI=1S/C30H22N2/c1-19-11-13-21(14-12-19)29-20(2)18-31-30(32-29)22-15-16-27-25-9-4-3-7-23(25)24-8-5-6-10-26(24)28(27)17-22/h3-18H,1-2H3. The van der Waals surface area contributed by atoms with Gasteiger partial charge in [0.2, 0.25) is 0 Å². The van der Waals surface area contributed by atoms with Crippen molar-refractivity contribution in [3.63, 3.8) is 0 Å². The molecule has 0 spiro atoms. The lowest BCUT2D eigenvalue weighted by molar-refractivity contribution is 1.14. The first-order chi connectivity index (χ1) is 15.7. The van der Waals surface area contributed by atoms with Gasteiger partial charge in [0.15, 0.2) is 5.82 Å². The summed E-state index contributed by atoms with van der Waals surface area (Å²) in [6, 6.07) is 32.4. The highest BCUT2D eigenvalue weighted by molar-refractivity contribution is 6.25. The second-order valence-electron chi connectivity index (χ2n) is 8.44. The van der Waals surface area contributed by atoms with Crippen LogP contribution >= 0.6 is 0 Å². The van der Waals surface area contributed by atoms with Gasteiger partial charge in [-0.15, -0.1) is 0 Å². The first-order valence-electron chi connectivity index (χ1n) is 10.9. The van der Waals surface area contributed by atoms with E-state index >= 15 is 0 Å². The zero-order chi connectivity index (χ0) is 21.7. The second-order valence-corrected chi connectivity index (χ2v) is 8.44. The molecule has 6 rings (SSSR count). The lowest BCUT2D eigenvalue weighted by Gasteiger charge is -2.12. The summed E-state index contributed by atoms with van der Waals surface area (Å²) in [5.74, 6) is 0.755. The Morgan fingerprint density at radius 2 is 1.06 bits per heavy atom. The number of nitrogens with zero attached hydrogens (tertiary/aromatic N) is 2. The maximum Gasteiger partial charge on any atom is 0.159 e. The van der Waals surface area contributed by atoms with E-state index in [-0.39, 0.29) is 0 Å². The number of fused-ring (bicyclic) bond motifs is 6. The van der Waals surface area contributed by atoms with E-state index in [1.807, 2.05) is 6.20 Å². The Morgan fingerprint density at radius 1 is 0.531 bits per heavy atom. The summed E-state index contributed by atoms with van der Waals surface area (Å²) in [4.78, 5) is 9.67. The minimum atomic E-state index is 0.755. The predicted octanol–water partition coefficient (Wildman–Crippen LogP) is 7.89. The molecule has 1 heterocycles. The minimum Gasteiger partial charge on any atom is -0.236 e. The molecular formula is C30H22N2. The van der Waals surface area contributed by atoms with Crippen LogP contribution in [0, 0.1) is 13.8 Å². The molecule has 0 unspecified atom stereocenters. The fourth-order valence-electron chi connectivity index (χ4n) is 4.63. The minimum absolute atomic E-state index is 0.755. The van der Waals surface area contributed by atoms with Gasteiger partial charge in [0.05, 0.1) is 5.69 Å². The van der Waals surface area contributed by atoms with Crippen LogP contribution < -0.4 is 0 Å². The van der Waals surface area contributed by atoms with Crippen molar-refractivity contribution in [1.29, 1.82) is 0 Å². The molecular weight excluding hydrogens is 388 g/mol. The van der Waals surface area contributed by atoms with Crippen molar-refractivity contribution >= 4 is 32.3 Å². The fourth-order valence-corrected chi connectivity index (χ4v) is 4.63. The summed E-state index contributed by atoms with van der Waals surface area (Å²) in [6.07, 6.45) is 1.93. The maximum atomic E-state index is 4.98. The van der Waals surface area contributed by atoms with Crippen LogP contribution in [0.5, 0.6) is 0 Å². The monoisotopic (exact) mass is 410 g/mol. The zero-order valence-corrected chi connectivity index (χ0v) is 18.1. The van der Waals surface area contributed by atoms with Crippen molar-refractivity contribution in [1.82, 2.24) is 9.97 Å². The van der Waals surface area contributed by atoms with Crippen LogP contribution in [0.1, 0.15) is 11.1 Å². The summed E-state index contributed by atoms with van der Waals surface area (Å²) >= 11 is 0. The number of aryl methyl sites for hydroxylation is 2. The third-order valence-corrected chi connectivity index (χ3v) is 6.30. The number of aromatic nitrogens is 2. The van der Waals surface area contributed by atoms with Gasteiger partial charge >= 0.3 is 0 Å². The van der Waals surface area contributed by atoms with Crippen molar-refractivity contribution in [3.05, 3.63) is 108 Å². The van der Waals surface area contributed by atoms with Crippen LogP contribution in [-0.4, -0.2) is 9.97 Å². The molecule has 32 heavy (non-hydrogen) atoms. The molecule has 0 bridgehead atoms. The third-order valence-electron chi connectivity index (χ3n) is 6.30. The molecule has 0 aliphatic rings. The summed E-state index contributed by atoms with van der Waals surface area (Å²) < 4.78 is 0. The van der Waals surface area contributed by atoms with Crippen LogP contribution in [0.25, 0.3) is 55.0 Å². The van der Waals surface area contributed by atoms with Gasteiger partial charge in [0.1, 0.15) is 0 Å². The van der Waals surface area contributed by atoms with Crippen LogP contribution in [0.4, 0.5) is 0 Å². The van der Waals surface area contributed by atoms with Crippen LogP contribution in [0.15, 0.2) is 97.2 Å². The topological polar surface area (TPSA) is 25.8 Å². The number of hydrogen-bond acceptors (Lipinski definition) is 2. The lowest BCUT2D eigenvalue weighted by atomic mass is 9.93. The van der Waals surface area contributed by atoms with Gasteiger partial charge < -0.3 is 0 Å². The van der Waals surface area contributed by atoms with Crippen LogP contribution in [0.3, 0.4) is 0 Å². The number of benzene rings is 5. The zero-order valence-electron chi connectivity index (χ0n) is 18.1. The molecule has 6 aromatic rings. The molecule has 152 valence electrons. The lowest BCUT2D eigenvalue weighted by Crippen LogP contribution is -1.95. The van der Waals surface area contributed by atoms with E-state index in [9.17, 15) is 0 Å². The third kappa shape index (κ3) is 2.96. The van der Waals surface area contributed by atoms with Gasteiger partial charge in [-0.1, -0.05) is 90.5 Å². The van der Waals surface area contributed by atoms with Gasteiger partial charge in [0, 0.05) is 17.3 Å². The van der Waals surface area contributed by atoms with Gasteiger partial charge in [-0.3, -0.25) is 0 Å². The van der Waals surface area contributed by atoms with Gasteiger partial charge in [0.25, 0.3) is 0 Å². The molecule has 2 heteroatoms. The first-order valence-corrected chi connectivity index (χ1v) is 10.9. The van der Waals surface area contributed by atoms with E-state index in [1.165, 1.54) is 37.9 Å². The summed E-state index contributed by atoms with van der Waals surface area (Å²) in [6.45, 7) is 4.17. The summed E-state index contributed by atoms with van der Waals surface area (Å²) in [5, 5.41) is 7.59. The number of rotatable bonds is 2. The average molecular weight is 411 g/mol. The smallest absolute Gasteiger partial charge is 0.159 e. The molecule has 0 saturated heterocycles. The Kier molecular flexibility index (Phi) is 4.26. The molecule has 0 amide bonds. The van der Waals surface area contributed by atoms with Crippen molar-refractivity contribution in [2.75, 3.05) is 0 Å². The van der Waals surface area contributed by atoms with Crippen molar-refractivity contribution in [2.24, 2.45) is 0 Å². The maximum absolute atomic E-state index is 4.98. The second kappa shape index (κ2) is 7.28. The van der Waals surface area contributed by atoms with Crippen LogP contribution in [-0.2, 0) is 0 Å². The molecule has 2 nitrogen and oxygen atoms in total. The Bertz CT molecular complexity index is 1590. The van der Waals surface area contributed by atoms with Crippen molar-refractivity contribution < 1.29 is 0 Å². The molecule has 0 fully saturated rings. The van der Waals surface area contributed by atoms with E-state index in [2.05, 4.69) is 105 Å². The molecule has 5 aromatic carbocycles.